The first-order valence-electron chi connectivity index (χ1n) is 8.70. The molecule has 0 atom stereocenters. The highest BCUT2D eigenvalue weighted by atomic mass is 19.4. The maximum Gasteiger partial charge on any atom is 0.433 e. The average Bonchev–Trinajstić information content (AvgIpc) is 3.05. The Kier molecular flexibility index (Phi) is 5.25. The molecule has 30 heavy (non-hydrogen) atoms. The van der Waals surface area contributed by atoms with E-state index in [4.69, 9.17) is 0 Å². The fourth-order valence-electron chi connectivity index (χ4n) is 2.50. The first-order chi connectivity index (χ1) is 13.7. The van der Waals surface area contributed by atoms with Gasteiger partial charge in [0, 0.05) is 17.5 Å². The van der Waals surface area contributed by atoms with E-state index in [2.05, 4.69) is 20.6 Å². The molecule has 0 aliphatic heterocycles. The molecule has 0 spiro atoms. The number of hydrogen-bond donors (Lipinski definition) is 1. The summed E-state index contributed by atoms with van der Waals surface area (Å²) in [6.45, 7) is 5.57. The highest BCUT2D eigenvalue weighted by molar-refractivity contribution is 5.80. The highest BCUT2D eigenvalue weighted by Crippen LogP contribution is 2.31. The van der Waals surface area contributed by atoms with Crippen LogP contribution < -0.4 is 5.43 Å². The third-order valence-corrected chi connectivity index (χ3v) is 4.12. The van der Waals surface area contributed by atoms with Crippen molar-refractivity contribution in [3.63, 3.8) is 0 Å². The van der Waals surface area contributed by atoms with Crippen molar-refractivity contribution in [3.05, 3.63) is 58.9 Å². The molecule has 2 aromatic heterocycles. The summed E-state index contributed by atoms with van der Waals surface area (Å²) < 4.78 is 78.6. The van der Waals surface area contributed by atoms with E-state index in [-0.39, 0.29) is 11.5 Å². The van der Waals surface area contributed by atoms with Gasteiger partial charge in [-0.15, -0.1) is 0 Å². The van der Waals surface area contributed by atoms with Crippen LogP contribution in [0.2, 0.25) is 0 Å². The van der Waals surface area contributed by atoms with E-state index in [9.17, 15) is 26.3 Å². The second-order valence-electron chi connectivity index (χ2n) is 7.56. The average molecular weight is 429 g/mol. The SMILES string of the molecule is CC(C)(C)c1cc2nc(C(F)(F)F)cc(N/N=C/c3ccc(C(F)(F)F)cc3)n2n1. The zero-order chi connectivity index (χ0) is 22.3. The lowest BCUT2D eigenvalue weighted by Crippen LogP contribution is -2.13. The van der Waals surface area contributed by atoms with Gasteiger partial charge in [-0.05, 0) is 17.7 Å². The van der Waals surface area contributed by atoms with E-state index >= 15 is 0 Å². The molecular weight excluding hydrogens is 412 g/mol. The molecular formula is C19H17F6N5. The Morgan fingerprint density at radius 1 is 0.900 bits per heavy atom. The van der Waals surface area contributed by atoms with Gasteiger partial charge in [0.15, 0.2) is 17.2 Å². The minimum absolute atomic E-state index is 0.0121. The van der Waals surface area contributed by atoms with Crippen molar-refractivity contribution in [1.29, 1.82) is 0 Å². The van der Waals surface area contributed by atoms with E-state index in [1.807, 2.05) is 20.8 Å². The van der Waals surface area contributed by atoms with Gasteiger partial charge in [0.1, 0.15) is 0 Å². The standard InChI is InChI=1S/C19H17F6N5/c1-17(2,3)13-8-15-27-14(19(23,24)25)9-16(30(15)29-13)28-26-10-11-4-6-12(7-5-11)18(20,21)22/h4-10,28H,1-3H3/b26-10+. The van der Waals surface area contributed by atoms with E-state index in [0.717, 1.165) is 18.2 Å². The van der Waals surface area contributed by atoms with Gasteiger partial charge in [0.05, 0.1) is 17.5 Å². The predicted octanol–water partition coefficient (Wildman–Crippen LogP) is 5.51. The number of halogens is 6. The van der Waals surface area contributed by atoms with E-state index in [1.54, 1.807) is 0 Å². The smallest absolute Gasteiger partial charge is 0.261 e. The van der Waals surface area contributed by atoms with Crippen LogP contribution in [0, 0.1) is 0 Å². The number of hydrogen-bond acceptors (Lipinski definition) is 4. The lowest BCUT2D eigenvalue weighted by Gasteiger charge is -2.13. The lowest BCUT2D eigenvalue weighted by atomic mass is 9.93. The Bertz CT molecular complexity index is 1070. The molecule has 0 amide bonds. The van der Waals surface area contributed by atoms with Crippen LogP contribution in [0.1, 0.15) is 43.3 Å². The lowest BCUT2D eigenvalue weighted by molar-refractivity contribution is -0.141. The van der Waals surface area contributed by atoms with Gasteiger partial charge in [0.2, 0.25) is 0 Å². The molecule has 5 nitrogen and oxygen atoms in total. The van der Waals surface area contributed by atoms with Crippen LogP contribution in [0.25, 0.3) is 5.65 Å². The molecule has 0 saturated heterocycles. The summed E-state index contributed by atoms with van der Waals surface area (Å²) in [7, 11) is 0. The molecule has 3 rings (SSSR count). The number of alkyl halides is 6. The quantitative estimate of drug-likeness (QED) is 0.339. The van der Waals surface area contributed by atoms with Gasteiger partial charge in [-0.2, -0.15) is 41.1 Å². The maximum atomic E-state index is 13.2. The number of aromatic nitrogens is 3. The molecule has 0 saturated carbocycles. The fraction of sp³-hybridized carbons (Fsp3) is 0.316. The normalized spacial score (nSPS) is 13.4. The Morgan fingerprint density at radius 2 is 1.53 bits per heavy atom. The van der Waals surface area contributed by atoms with Gasteiger partial charge in [0.25, 0.3) is 0 Å². The van der Waals surface area contributed by atoms with Crippen LogP contribution >= 0.6 is 0 Å². The Hall–Kier alpha value is -3.11. The van der Waals surface area contributed by atoms with Crippen molar-refractivity contribution < 1.29 is 26.3 Å². The van der Waals surface area contributed by atoms with Crippen molar-refractivity contribution in [3.8, 4) is 0 Å². The van der Waals surface area contributed by atoms with E-state index < -0.39 is 29.0 Å². The minimum atomic E-state index is -4.68. The van der Waals surface area contributed by atoms with Crippen molar-refractivity contribution in [1.82, 2.24) is 14.6 Å². The van der Waals surface area contributed by atoms with Crippen LogP contribution in [-0.4, -0.2) is 20.8 Å². The molecule has 2 heterocycles. The van der Waals surface area contributed by atoms with Crippen LogP contribution in [0.15, 0.2) is 41.5 Å². The van der Waals surface area contributed by atoms with Crippen molar-refractivity contribution in [2.75, 3.05) is 5.43 Å². The number of fused-ring (bicyclic) bond motifs is 1. The first-order valence-corrected chi connectivity index (χ1v) is 8.70. The van der Waals surface area contributed by atoms with Crippen molar-refractivity contribution in [2.45, 2.75) is 38.5 Å². The predicted molar refractivity (Wildman–Crippen MR) is 99.3 cm³/mol. The molecule has 0 bridgehead atoms. The Morgan fingerprint density at radius 3 is 2.07 bits per heavy atom. The maximum absolute atomic E-state index is 13.2. The number of hydrazone groups is 1. The van der Waals surface area contributed by atoms with Gasteiger partial charge in [-0.3, -0.25) is 5.43 Å². The molecule has 0 fully saturated rings. The zero-order valence-corrected chi connectivity index (χ0v) is 16.1. The molecule has 1 aromatic carbocycles. The molecule has 0 aliphatic rings. The van der Waals surface area contributed by atoms with Crippen LogP contribution in [-0.2, 0) is 17.8 Å². The highest BCUT2D eigenvalue weighted by Gasteiger charge is 2.34. The van der Waals surface area contributed by atoms with Gasteiger partial charge >= 0.3 is 12.4 Å². The monoisotopic (exact) mass is 429 g/mol. The number of benzene rings is 1. The van der Waals surface area contributed by atoms with Gasteiger partial charge in [-0.25, -0.2) is 4.98 Å². The number of nitrogens with zero attached hydrogens (tertiary/aromatic N) is 4. The van der Waals surface area contributed by atoms with E-state index in [0.29, 0.717) is 11.3 Å². The topological polar surface area (TPSA) is 54.6 Å². The van der Waals surface area contributed by atoms with Crippen LogP contribution in [0.3, 0.4) is 0 Å². The van der Waals surface area contributed by atoms with E-state index in [1.165, 1.54) is 28.9 Å². The fourth-order valence-corrected chi connectivity index (χ4v) is 2.50. The van der Waals surface area contributed by atoms with Crippen molar-refractivity contribution >= 4 is 17.7 Å². The summed E-state index contributed by atoms with van der Waals surface area (Å²) in [5, 5.41) is 8.13. The summed E-state index contributed by atoms with van der Waals surface area (Å²) in [6, 6.07) is 6.38. The summed E-state index contributed by atoms with van der Waals surface area (Å²) in [5.41, 5.74) is 0.950. The number of rotatable bonds is 3. The minimum Gasteiger partial charge on any atom is -0.261 e. The molecule has 1 N–H and O–H groups in total. The Balaban J connectivity index is 1.94. The molecule has 3 aromatic rings. The zero-order valence-electron chi connectivity index (χ0n) is 16.1. The molecule has 0 radical (unpaired) electrons. The first kappa shape index (κ1) is 21.6. The van der Waals surface area contributed by atoms with Crippen LogP contribution in [0.4, 0.5) is 32.2 Å². The molecule has 0 unspecified atom stereocenters. The second kappa shape index (κ2) is 7.29. The largest absolute Gasteiger partial charge is 0.433 e. The summed E-state index contributed by atoms with van der Waals surface area (Å²) in [6.07, 6.45) is -7.95. The van der Waals surface area contributed by atoms with Crippen LogP contribution in [0.5, 0.6) is 0 Å². The third kappa shape index (κ3) is 4.71. The molecule has 160 valence electrons. The number of anilines is 1. The third-order valence-electron chi connectivity index (χ3n) is 4.12. The van der Waals surface area contributed by atoms with Gasteiger partial charge in [-0.1, -0.05) is 32.9 Å². The van der Waals surface area contributed by atoms with Gasteiger partial charge < -0.3 is 0 Å². The summed E-state index contributed by atoms with van der Waals surface area (Å²) in [4.78, 5) is 3.62. The summed E-state index contributed by atoms with van der Waals surface area (Å²) in [5.74, 6) is -0.0917. The number of nitrogens with one attached hydrogen (secondary N) is 1. The summed E-state index contributed by atoms with van der Waals surface area (Å²) >= 11 is 0. The molecule has 0 aliphatic carbocycles. The molecule has 11 heteroatoms. The van der Waals surface area contributed by atoms with Crippen molar-refractivity contribution in [2.24, 2.45) is 5.10 Å². The Labute approximate surface area is 167 Å². The second-order valence-corrected chi connectivity index (χ2v) is 7.56.